The molecule has 1 aliphatic carbocycles. The average Bonchev–Trinajstić information content (AvgIpc) is 2.67. The highest BCUT2D eigenvalue weighted by molar-refractivity contribution is 6.83. The molecule has 2 aromatic rings. The molecule has 3 rings (SSSR count). The lowest BCUT2D eigenvalue weighted by Crippen LogP contribution is -2.29. The predicted octanol–water partition coefficient (Wildman–Crippen LogP) is 5.78. The number of carbonyl (C=O) groups excluding carboxylic acids is 1. The molecule has 0 aliphatic heterocycles. The molecule has 28 heavy (non-hydrogen) atoms. The summed E-state index contributed by atoms with van der Waals surface area (Å²) in [6.45, 7) is 6.88. The zero-order chi connectivity index (χ0) is 20.3. The highest BCUT2D eigenvalue weighted by Gasteiger charge is 2.29. The molecule has 1 aliphatic rings. The lowest BCUT2D eigenvalue weighted by Gasteiger charge is -2.29. The molecule has 0 radical (unpaired) electrons. The summed E-state index contributed by atoms with van der Waals surface area (Å²) in [5.74, 6) is 0.180. The van der Waals surface area contributed by atoms with E-state index in [4.69, 9.17) is 9.47 Å². The summed E-state index contributed by atoms with van der Waals surface area (Å²) in [6, 6.07) is 16.1. The largest absolute Gasteiger partial charge is 0.352 e. The van der Waals surface area contributed by atoms with E-state index < -0.39 is 8.07 Å². The van der Waals surface area contributed by atoms with Crippen molar-refractivity contribution in [1.82, 2.24) is 0 Å². The lowest BCUT2D eigenvalue weighted by molar-refractivity contribution is -0.106. The van der Waals surface area contributed by atoms with Crippen LogP contribution in [0.4, 0.5) is 0 Å². The minimum absolute atomic E-state index is 0.0848. The van der Waals surface area contributed by atoms with Gasteiger partial charge in [0.15, 0.2) is 12.1 Å². The number of allylic oxidation sites excluding steroid dienone is 3. The van der Waals surface area contributed by atoms with Gasteiger partial charge in [0.05, 0.1) is 8.07 Å². The monoisotopic (exact) mass is 392 g/mol. The van der Waals surface area contributed by atoms with Gasteiger partial charge in [0, 0.05) is 31.3 Å². The molecule has 0 heterocycles. The molecular weight excluding hydrogens is 364 g/mol. The van der Waals surface area contributed by atoms with Crippen molar-refractivity contribution in [3.63, 3.8) is 0 Å². The van der Waals surface area contributed by atoms with Crippen molar-refractivity contribution >= 4 is 19.9 Å². The zero-order valence-corrected chi connectivity index (χ0v) is 18.2. The van der Waals surface area contributed by atoms with Crippen molar-refractivity contribution in [3.05, 3.63) is 88.1 Å². The van der Waals surface area contributed by atoms with Gasteiger partial charge in [-0.1, -0.05) is 85.5 Å². The number of benzene rings is 2. The molecule has 1 unspecified atom stereocenters. The topological polar surface area (TPSA) is 35.5 Å². The molecule has 0 saturated carbocycles. The summed E-state index contributed by atoms with van der Waals surface area (Å²) in [5, 5.41) is 1.24. The standard InChI is InChI=1S/C24H28O3Si/c1-26-24(27-2)19-12-10-18(11-13-19)21-15-14-17-8-6-7-9-20(17)22(25)16-23(21)28(3,4)5/h6-16,21,24H,1-5H3/b15-14-,23-16+. The molecule has 0 N–H and O–H groups in total. The van der Waals surface area contributed by atoms with E-state index in [-0.39, 0.29) is 18.0 Å². The highest BCUT2D eigenvalue weighted by Crippen LogP contribution is 2.36. The van der Waals surface area contributed by atoms with Crippen LogP contribution in [0.5, 0.6) is 0 Å². The number of fused-ring (bicyclic) bond motifs is 1. The maximum absolute atomic E-state index is 13.0. The molecule has 4 heteroatoms. The maximum atomic E-state index is 13.0. The first-order chi connectivity index (χ1) is 13.3. The van der Waals surface area contributed by atoms with E-state index in [1.54, 1.807) is 14.2 Å². The first kappa shape index (κ1) is 20.5. The van der Waals surface area contributed by atoms with Gasteiger partial charge >= 0.3 is 0 Å². The van der Waals surface area contributed by atoms with Gasteiger partial charge in [-0.05, 0) is 17.2 Å². The van der Waals surface area contributed by atoms with Crippen LogP contribution in [0.3, 0.4) is 0 Å². The summed E-state index contributed by atoms with van der Waals surface area (Å²) < 4.78 is 10.7. The van der Waals surface area contributed by atoms with Crippen LogP contribution in [0.1, 0.15) is 39.3 Å². The Bertz CT molecular complexity index is 900. The van der Waals surface area contributed by atoms with Gasteiger partial charge in [-0.25, -0.2) is 0 Å². The number of ketones is 1. The third-order valence-corrected chi connectivity index (χ3v) is 7.37. The number of carbonyl (C=O) groups is 1. The smallest absolute Gasteiger partial charge is 0.186 e. The molecule has 1 atom stereocenters. The van der Waals surface area contributed by atoms with Crippen LogP contribution >= 0.6 is 0 Å². The van der Waals surface area contributed by atoms with Crippen LogP contribution < -0.4 is 0 Å². The maximum Gasteiger partial charge on any atom is 0.186 e. The van der Waals surface area contributed by atoms with E-state index in [1.807, 2.05) is 42.5 Å². The SMILES string of the molecule is COC(OC)c1ccc(C2/C=C\c3ccccc3C(=O)/C=C\2[Si](C)(C)C)cc1. The number of methoxy groups -OCH3 is 2. The number of hydrogen-bond donors (Lipinski definition) is 0. The van der Waals surface area contributed by atoms with Gasteiger partial charge in [-0.3, -0.25) is 4.79 Å². The quantitative estimate of drug-likeness (QED) is 0.478. The molecule has 2 aromatic carbocycles. The van der Waals surface area contributed by atoms with Gasteiger partial charge in [0.2, 0.25) is 0 Å². The second-order valence-corrected chi connectivity index (χ2v) is 13.2. The molecule has 0 amide bonds. The Morgan fingerprint density at radius 3 is 2.18 bits per heavy atom. The van der Waals surface area contributed by atoms with Crippen LogP contribution in [-0.4, -0.2) is 28.1 Å². The number of rotatable bonds is 5. The Morgan fingerprint density at radius 1 is 0.929 bits per heavy atom. The van der Waals surface area contributed by atoms with E-state index >= 15 is 0 Å². The number of hydrogen-bond acceptors (Lipinski definition) is 3. The lowest BCUT2D eigenvalue weighted by atomic mass is 9.91. The first-order valence-electron chi connectivity index (χ1n) is 9.54. The zero-order valence-electron chi connectivity index (χ0n) is 17.2. The summed E-state index contributed by atoms with van der Waals surface area (Å²) in [7, 11) is 1.54. The van der Waals surface area contributed by atoms with Gasteiger partial charge in [0.25, 0.3) is 0 Å². The van der Waals surface area contributed by atoms with Crippen LogP contribution in [-0.2, 0) is 9.47 Å². The van der Waals surface area contributed by atoms with Crippen molar-refractivity contribution < 1.29 is 14.3 Å². The van der Waals surface area contributed by atoms with E-state index in [0.717, 1.165) is 16.7 Å². The van der Waals surface area contributed by atoms with Crippen LogP contribution in [0.2, 0.25) is 19.6 Å². The van der Waals surface area contributed by atoms with Crippen LogP contribution in [0.25, 0.3) is 6.08 Å². The van der Waals surface area contributed by atoms with Crippen LogP contribution in [0.15, 0.2) is 65.9 Å². The fourth-order valence-electron chi connectivity index (χ4n) is 3.68. The van der Waals surface area contributed by atoms with Crippen LogP contribution in [0, 0.1) is 0 Å². The molecule has 3 nitrogen and oxygen atoms in total. The van der Waals surface area contributed by atoms with E-state index in [0.29, 0.717) is 0 Å². The Kier molecular flexibility index (Phi) is 6.13. The summed E-state index contributed by atoms with van der Waals surface area (Å²) >= 11 is 0. The molecule has 0 spiro atoms. The van der Waals surface area contributed by atoms with Gasteiger partial charge in [-0.15, -0.1) is 0 Å². The fraction of sp³-hybridized carbons (Fsp3) is 0.292. The van der Waals surface area contributed by atoms with Crippen molar-refractivity contribution in [2.75, 3.05) is 14.2 Å². The Morgan fingerprint density at radius 2 is 1.57 bits per heavy atom. The fourth-order valence-corrected chi connectivity index (χ4v) is 5.44. The summed E-state index contributed by atoms with van der Waals surface area (Å²) in [6.07, 6.45) is 5.84. The minimum Gasteiger partial charge on any atom is -0.352 e. The minimum atomic E-state index is -1.73. The third kappa shape index (κ3) is 4.25. The van der Waals surface area contributed by atoms with Crippen molar-refractivity contribution in [1.29, 1.82) is 0 Å². The van der Waals surface area contributed by atoms with Crippen molar-refractivity contribution in [2.24, 2.45) is 0 Å². The van der Waals surface area contributed by atoms with Gasteiger partial charge in [-0.2, -0.15) is 0 Å². The second kappa shape index (κ2) is 8.39. The van der Waals surface area contributed by atoms with E-state index in [9.17, 15) is 4.79 Å². The van der Waals surface area contributed by atoms with Gasteiger partial charge < -0.3 is 9.47 Å². The summed E-state index contributed by atoms with van der Waals surface area (Å²) in [5.41, 5.74) is 3.89. The molecule has 0 aromatic heterocycles. The van der Waals surface area contributed by atoms with Crippen molar-refractivity contribution in [2.45, 2.75) is 31.8 Å². The molecular formula is C24H28O3Si. The Balaban J connectivity index is 2.08. The normalized spacial score (nSPS) is 20.1. The average molecular weight is 393 g/mol. The third-order valence-electron chi connectivity index (χ3n) is 5.18. The molecule has 0 fully saturated rings. The highest BCUT2D eigenvalue weighted by atomic mass is 28.3. The predicted molar refractivity (Wildman–Crippen MR) is 117 cm³/mol. The first-order valence-corrected chi connectivity index (χ1v) is 13.0. The van der Waals surface area contributed by atoms with Crippen molar-refractivity contribution in [3.8, 4) is 0 Å². The molecule has 0 saturated heterocycles. The van der Waals surface area contributed by atoms with E-state index in [1.165, 1.54) is 10.8 Å². The summed E-state index contributed by atoms with van der Waals surface area (Å²) in [4.78, 5) is 13.0. The van der Waals surface area contributed by atoms with Gasteiger partial charge in [0.1, 0.15) is 0 Å². The second-order valence-electron chi connectivity index (χ2n) is 8.11. The molecule has 146 valence electrons. The Labute approximate surface area is 168 Å². The molecule has 0 bridgehead atoms. The van der Waals surface area contributed by atoms with E-state index in [2.05, 4.69) is 43.9 Å². The Hall–Kier alpha value is -2.27. The number of ether oxygens (including phenoxy) is 2.